The molecule has 1 aromatic carbocycles. The van der Waals surface area contributed by atoms with Crippen molar-refractivity contribution in [2.45, 2.75) is 4.90 Å². The van der Waals surface area contributed by atoms with E-state index in [0.717, 1.165) is 6.07 Å². The van der Waals surface area contributed by atoms with Gasteiger partial charge < -0.3 is 5.11 Å². The lowest BCUT2D eigenvalue weighted by Gasteiger charge is -2.09. The van der Waals surface area contributed by atoms with E-state index in [1.54, 1.807) is 0 Å². The zero-order valence-corrected chi connectivity index (χ0v) is 10.2. The van der Waals surface area contributed by atoms with Crippen LogP contribution in [0.2, 0.25) is 0 Å². The second-order valence-corrected chi connectivity index (χ2v) is 5.20. The number of benzene rings is 1. The van der Waals surface area contributed by atoms with Crippen molar-refractivity contribution >= 4 is 15.8 Å². The van der Waals surface area contributed by atoms with E-state index in [2.05, 4.69) is 4.98 Å². The van der Waals surface area contributed by atoms with E-state index in [1.165, 1.54) is 18.3 Å². The Morgan fingerprint density at radius 3 is 2.63 bits per heavy atom. The summed E-state index contributed by atoms with van der Waals surface area (Å²) in [6.07, 6.45) is 1.24. The molecule has 1 heterocycles. The summed E-state index contributed by atoms with van der Waals surface area (Å²) in [6.45, 7) is 0. The quantitative estimate of drug-likeness (QED) is 0.902. The van der Waals surface area contributed by atoms with Gasteiger partial charge in [0, 0.05) is 6.20 Å². The van der Waals surface area contributed by atoms with Crippen LogP contribution in [0.5, 0.6) is 5.75 Å². The first-order valence-corrected chi connectivity index (χ1v) is 6.50. The predicted molar refractivity (Wildman–Crippen MR) is 63.1 cm³/mol. The van der Waals surface area contributed by atoms with Crippen LogP contribution in [0.25, 0.3) is 0 Å². The smallest absolute Gasteiger partial charge is 0.266 e. The lowest BCUT2D eigenvalue weighted by molar-refractivity contribution is 0.475. The fourth-order valence-corrected chi connectivity index (χ4v) is 2.46. The zero-order chi connectivity index (χ0) is 14.0. The largest absolute Gasteiger partial charge is 0.504 e. The number of nitrogens with zero attached hydrogens (tertiary/aromatic N) is 1. The Kier molecular flexibility index (Phi) is 3.34. The van der Waals surface area contributed by atoms with Crippen molar-refractivity contribution in [3.8, 4) is 5.75 Å². The number of aromatic nitrogens is 1. The monoisotopic (exact) mass is 286 g/mol. The summed E-state index contributed by atoms with van der Waals surface area (Å²) in [5.41, 5.74) is 0. The summed E-state index contributed by atoms with van der Waals surface area (Å²) >= 11 is 0. The van der Waals surface area contributed by atoms with Gasteiger partial charge in [0.1, 0.15) is 16.5 Å². The van der Waals surface area contributed by atoms with Crippen molar-refractivity contribution in [2.24, 2.45) is 0 Å². The SMILES string of the molecule is O=S(=O)(Nc1ncccc1O)c1cc(F)ccc1F. The van der Waals surface area contributed by atoms with Crippen LogP contribution in [-0.2, 0) is 10.0 Å². The molecule has 0 aliphatic heterocycles. The summed E-state index contributed by atoms with van der Waals surface area (Å²) in [4.78, 5) is 2.72. The molecular weight excluding hydrogens is 278 g/mol. The Hall–Kier alpha value is -2.22. The highest BCUT2D eigenvalue weighted by molar-refractivity contribution is 7.92. The molecule has 0 spiro atoms. The molecule has 0 fully saturated rings. The molecule has 1 aromatic heterocycles. The number of nitrogens with one attached hydrogen (secondary N) is 1. The molecule has 0 aliphatic carbocycles. The van der Waals surface area contributed by atoms with Crippen LogP contribution in [-0.4, -0.2) is 18.5 Å². The highest BCUT2D eigenvalue weighted by Gasteiger charge is 2.21. The van der Waals surface area contributed by atoms with E-state index in [0.29, 0.717) is 12.1 Å². The van der Waals surface area contributed by atoms with Gasteiger partial charge in [0.25, 0.3) is 10.0 Å². The lowest BCUT2D eigenvalue weighted by atomic mass is 10.3. The van der Waals surface area contributed by atoms with Crippen molar-refractivity contribution in [2.75, 3.05) is 4.72 Å². The number of aromatic hydroxyl groups is 1. The predicted octanol–water partition coefficient (Wildman–Crippen LogP) is 1.87. The van der Waals surface area contributed by atoms with E-state index >= 15 is 0 Å². The summed E-state index contributed by atoms with van der Waals surface area (Å²) in [7, 11) is -4.38. The van der Waals surface area contributed by atoms with Gasteiger partial charge in [-0.2, -0.15) is 0 Å². The first-order chi connectivity index (χ1) is 8.90. The first kappa shape index (κ1) is 13.2. The Morgan fingerprint density at radius 2 is 1.95 bits per heavy atom. The van der Waals surface area contributed by atoms with Gasteiger partial charge >= 0.3 is 0 Å². The fourth-order valence-electron chi connectivity index (χ4n) is 1.34. The molecule has 0 amide bonds. The van der Waals surface area contributed by atoms with E-state index < -0.39 is 32.3 Å². The number of hydrogen-bond acceptors (Lipinski definition) is 4. The molecule has 19 heavy (non-hydrogen) atoms. The van der Waals surface area contributed by atoms with Gasteiger partial charge in [-0.25, -0.2) is 22.2 Å². The van der Waals surface area contributed by atoms with Crippen molar-refractivity contribution in [1.29, 1.82) is 0 Å². The van der Waals surface area contributed by atoms with Gasteiger partial charge in [0.2, 0.25) is 0 Å². The first-order valence-electron chi connectivity index (χ1n) is 5.02. The molecule has 0 unspecified atom stereocenters. The van der Waals surface area contributed by atoms with E-state index in [9.17, 15) is 22.3 Å². The average Bonchev–Trinajstić information content (AvgIpc) is 2.35. The van der Waals surface area contributed by atoms with Crippen LogP contribution < -0.4 is 4.72 Å². The highest BCUT2D eigenvalue weighted by atomic mass is 32.2. The van der Waals surface area contributed by atoms with Crippen LogP contribution in [0.15, 0.2) is 41.4 Å². The summed E-state index contributed by atoms with van der Waals surface area (Å²) < 4.78 is 52.0. The Bertz CT molecular complexity index is 720. The van der Waals surface area contributed by atoms with Crippen molar-refractivity contribution < 1.29 is 22.3 Å². The third-order valence-electron chi connectivity index (χ3n) is 2.20. The highest BCUT2D eigenvalue weighted by Crippen LogP contribution is 2.23. The van der Waals surface area contributed by atoms with Crippen LogP contribution in [0.1, 0.15) is 0 Å². The molecule has 2 N–H and O–H groups in total. The molecular formula is C11H8F2N2O3S. The van der Waals surface area contributed by atoms with Gasteiger partial charge in [0.05, 0.1) is 0 Å². The number of hydrogen-bond donors (Lipinski definition) is 2. The number of halogens is 2. The standard InChI is InChI=1S/C11H8F2N2O3S/c12-7-3-4-8(13)10(6-7)19(17,18)15-11-9(16)2-1-5-14-11/h1-6,16H,(H,14,15). The minimum atomic E-state index is -4.38. The van der Waals surface area contributed by atoms with Crippen LogP contribution in [0, 0.1) is 11.6 Å². The van der Waals surface area contributed by atoms with Gasteiger partial charge in [0.15, 0.2) is 11.6 Å². The molecule has 100 valence electrons. The van der Waals surface area contributed by atoms with Crippen LogP contribution in [0.4, 0.5) is 14.6 Å². The molecule has 0 saturated carbocycles. The van der Waals surface area contributed by atoms with E-state index in [4.69, 9.17) is 0 Å². The Balaban J connectivity index is 2.44. The number of rotatable bonds is 3. The summed E-state index contributed by atoms with van der Waals surface area (Å²) in [6, 6.07) is 4.62. The molecule has 2 aromatic rings. The third-order valence-corrected chi connectivity index (χ3v) is 3.55. The summed E-state index contributed by atoms with van der Waals surface area (Å²) in [5.74, 6) is -2.80. The molecule has 0 atom stereocenters. The van der Waals surface area contributed by atoms with Crippen LogP contribution in [0.3, 0.4) is 0 Å². The second-order valence-electron chi connectivity index (χ2n) is 3.55. The molecule has 0 saturated heterocycles. The number of pyridine rings is 1. The number of anilines is 1. The molecule has 8 heteroatoms. The Labute approximate surface area is 107 Å². The Morgan fingerprint density at radius 1 is 1.21 bits per heavy atom. The molecule has 0 bridgehead atoms. The topological polar surface area (TPSA) is 79.3 Å². The zero-order valence-electron chi connectivity index (χ0n) is 9.34. The van der Waals surface area contributed by atoms with Crippen LogP contribution >= 0.6 is 0 Å². The fraction of sp³-hybridized carbons (Fsp3) is 0. The maximum Gasteiger partial charge on any atom is 0.266 e. The maximum absolute atomic E-state index is 13.4. The minimum Gasteiger partial charge on any atom is -0.504 e. The van der Waals surface area contributed by atoms with Crippen molar-refractivity contribution in [3.63, 3.8) is 0 Å². The van der Waals surface area contributed by atoms with Gasteiger partial charge in [-0.3, -0.25) is 4.72 Å². The lowest BCUT2D eigenvalue weighted by Crippen LogP contribution is -2.15. The van der Waals surface area contributed by atoms with Gasteiger partial charge in [-0.1, -0.05) is 0 Å². The molecule has 0 radical (unpaired) electrons. The minimum absolute atomic E-state index is 0.369. The van der Waals surface area contributed by atoms with E-state index in [-0.39, 0.29) is 5.82 Å². The molecule has 5 nitrogen and oxygen atoms in total. The average molecular weight is 286 g/mol. The summed E-state index contributed by atoms with van der Waals surface area (Å²) in [5, 5.41) is 9.39. The normalized spacial score (nSPS) is 11.3. The second kappa shape index (κ2) is 4.81. The van der Waals surface area contributed by atoms with Crippen molar-refractivity contribution in [3.05, 3.63) is 48.2 Å². The molecule has 2 rings (SSSR count). The number of sulfonamides is 1. The maximum atomic E-state index is 13.4. The van der Waals surface area contributed by atoms with E-state index in [1.807, 2.05) is 4.72 Å². The van der Waals surface area contributed by atoms with Gasteiger partial charge in [-0.05, 0) is 30.3 Å². The molecule has 0 aliphatic rings. The van der Waals surface area contributed by atoms with Gasteiger partial charge in [-0.15, -0.1) is 0 Å². The third kappa shape index (κ3) is 2.79. The van der Waals surface area contributed by atoms with Crippen molar-refractivity contribution in [1.82, 2.24) is 4.98 Å².